The van der Waals surface area contributed by atoms with Crippen molar-refractivity contribution < 1.29 is 23.9 Å². The summed E-state index contributed by atoms with van der Waals surface area (Å²) in [6.07, 6.45) is 5.23. The number of nitrogens with zero attached hydrogens (tertiary/aromatic N) is 2. The summed E-state index contributed by atoms with van der Waals surface area (Å²) in [5, 5.41) is 5.59. The molecule has 2 saturated carbocycles. The molecule has 1 unspecified atom stereocenters. The molecule has 0 aromatic heterocycles. The zero-order valence-corrected chi connectivity index (χ0v) is 18.5. The third-order valence-corrected chi connectivity index (χ3v) is 5.91. The van der Waals surface area contributed by atoms with Crippen molar-refractivity contribution in [1.29, 1.82) is 0 Å². The van der Waals surface area contributed by atoms with Gasteiger partial charge in [-0.15, -0.1) is 0 Å². The molecule has 5 amide bonds. The first kappa shape index (κ1) is 22.4. The minimum Gasteiger partial charge on any atom is -0.444 e. The predicted molar refractivity (Wildman–Crippen MR) is 110 cm³/mol. The number of hydrogen-bond donors (Lipinski definition) is 2. The van der Waals surface area contributed by atoms with E-state index in [1.165, 1.54) is 0 Å². The van der Waals surface area contributed by atoms with Gasteiger partial charge in [0.2, 0.25) is 5.91 Å². The molecule has 3 rings (SSSR count). The fraction of sp³-hybridized carbons (Fsp3) is 0.810. The van der Waals surface area contributed by atoms with E-state index < -0.39 is 23.2 Å². The van der Waals surface area contributed by atoms with Crippen molar-refractivity contribution >= 4 is 23.9 Å². The van der Waals surface area contributed by atoms with E-state index in [2.05, 4.69) is 10.6 Å². The summed E-state index contributed by atoms with van der Waals surface area (Å²) < 4.78 is 5.47. The van der Waals surface area contributed by atoms with Crippen LogP contribution in [-0.4, -0.2) is 70.1 Å². The van der Waals surface area contributed by atoms with E-state index in [0.717, 1.165) is 30.6 Å². The van der Waals surface area contributed by atoms with Gasteiger partial charge in [-0.3, -0.25) is 9.59 Å². The van der Waals surface area contributed by atoms with E-state index in [-0.39, 0.29) is 23.9 Å². The van der Waals surface area contributed by atoms with E-state index in [9.17, 15) is 19.2 Å². The van der Waals surface area contributed by atoms with Gasteiger partial charge in [0.15, 0.2) is 0 Å². The number of urea groups is 1. The first-order valence-corrected chi connectivity index (χ1v) is 11.0. The van der Waals surface area contributed by atoms with Crippen LogP contribution in [0.4, 0.5) is 9.59 Å². The maximum absolute atomic E-state index is 12.8. The van der Waals surface area contributed by atoms with Gasteiger partial charge >= 0.3 is 12.1 Å². The average Bonchev–Trinajstić information content (AvgIpc) is 3.31. The highest BCUT2D eigenvalue weighted by molar-refractivity contribution is 6.09. The van der Waals surface area contributed by atoms with Gasteiger partial charge in [0.05, 0.1) is 0 Å². The fourth-order valence-electron chi connectivity index (χ4n) is 4.17. The molecule has 0 aromatic carbocycles. The summed E-state index contributed by atoms with van der Waals surface area (Å²) in [5.41, 5.74) is -1.36. The smallest absolute Gasteiger partial charge is 0.410 e. The molecule has 9 heteroatoms. The van der Waals surface area contributed by atoms with Crippen LogP contribution in [0.25, 0.3) is 0 Å². The lowest BCUT2D eigenvalue weighted by Crippen LogP contribution is -2.50. The Bertz CT molecular complexity index is 707. The van der Waals surface area contributed by atoms with Crippen molar-refractivity contribution in [2.24, 2.45) is 0 Å². The number of hydrogen-bond acceptors (Lipinski definition) is 5. The predicted octanol–water partition coefficient (Wildman–Crippen LogP) is 2.15. The quantitative estimate of drug-likeness (QED) is 0.483. The third-order valence-electron chi connectivity index (χ3n) is 5.91. The van der Waals surface area contributed by atoms with Gasteiger partial charge in [-0.25, -0.2) is 14.5 Å². The van der Waals surface area contributed by atoms with Crippen molar-refractivity contribution in [3.63, 3.8) is 0 Å². The molecule has 0 aromatic rings. The van der Waals surface area contributed by atoms with Crippen LogP contribution in [0, 0.1) is 0 Å². The maximum Gasteiger partial charge on any atom is 0.410 e. The molecule has 0 radical (unpaired) electrons. The Kier molecular flexibility index (Phi) is 6.29. The number of imide groups is 1. The molecule has 3 fully saturated rings. The van der Waals surface area contributed by atoms with Gasteiger partial charge in [0.25, 0.3) is 5.91 Å². The van der Waals surface area contributed by atoms with Crippen LogP contribution in [0.1, 0.15) is 72.6 Å². The van der Waals surface area contributed by atoms with Crippen LogP contribution >= 0.6 is 0 Å². The second-order valence-electron chi connectivity index (χ2n) is 9.62. The van der Waals surface area contributed by atoms with Crippen molar-refractivity contribution in [3.8, 4) is 0 Å². The highest BCUT2D eigenvalue weighted by Gasteiger charge is 2.54. The Hall–Kier alpha value is -2.32. The Morgan fingerprint density at radius 3 is 2.47 bits per heavy atom. The summed E-state index contributed by atoms with van der Waals surface area (Å²) in [4.78, 5) is 52.8. The van der Waals surface area contributed by atoms with Gasteiger partial charge < -0.3 is 20.3 Å². The van der Waals surface area contributed by atoms with Crippen LogP contribution in [-0.2, 0) is 14.3 Å². The molecule has 2 N–H and O–H groups in total. The molecular formula is C21H34N4O5. The van der Waals surface area contributed by atoms with Gasteiger partial charge in [-0.1, -0.05) is 12.8 Å². The third kappa shape index (κ3) is 4.87. The van der Waals surface area contributed by atoms with Gasteiger partial charge in [0.1, 0.15) is 17.2 Å². The zero-order valence-electron chi connectivity index (χ0n) is 18.5. The summed E-state index contributed by atoms with van der Waals surface area (Å²) in [7, 11) is 0. The van der Waals surface area contributed by atoms with E-state index in [4.69, 9.17) is 4.74 Å². The topological polar surface area (TPSA) is 108 Å². The minimum absolute atomic E-state index is 0.211. The van der Waals surface area contributed by atoms with Crippen LogP contribution in [0.2, 0.25) is 0 Å². The van der Waals surface area contributed by atoms with E-state index in [1.54, 1.807) is 11.8 Å². The second-order valence-corrected chi connectivity index (χ2v) is 9.62. The lowest BCUT2D eigenvalue weighted by Gasteiger charge is -2.27. The molecule has 1 heterocycles. The van der Waals surface area contributed by atoms with Crippen LogP contribution in [0.3, 0.4) is 0 Å². The second kappa shape index (κ2) is 8.43. The first-order chi connectivity index (χ1) is 14.0. The van der Waals surface area contributed by atoms with Crippen LogP contribution < -0.4 is 10.6 Å². The number of carbonyl (C=O) groups is 4. The molecule has 2 aliphatic carbocycles. The molecular weight excluding hydrogens is 388 g/mol. The summed E-state index contributed by atoms with van der Waals surface area (Å²) in [6.45, 7) is 7.91. The molecule has 1 spiro atoms. The Morgan fingerprint density at radius 2 is 1.90 bits per heavy atom. The van der Waals surface area contributed by atoms with Crippen molar-refractivity contribution in [2.75, 3.05) is 13.1 Å². The number of amides is 5. The molecule has 3 aliphatic rings. The largest absolute Gasteiger partial charge is 0.444 e. The molecule has 1 atom stereocenters. The highest BCUT2D eigenvalue weighted by Crippen LogP contribution is 2.35. The zero-order chi connectivity index (χ0) is 22.1. The molecule has 0 bridgehead atoms. The number of ether oxygens (including phenoxy) is 1. The Morgan fingerprint density at radius 1 is 1.27 bits per heavy atom. The molecule has 1 saturated heterocycles. The van der Waals surface area contributed by atoms with E-state index in [0.29, 0.717) is 32.4 Å². The lowest BCUT2D eigenvalue weighted by molar-refractivity contribution is -0.137. The first-order valence-electron chi connectivity index (χ1n) is 11.0. The summed E-state index contributed by atoms with van der Waals surface area (Å²) in [5.74, 6) is -0.665. The normalized spacial score (nSPS) is 21.5. The van der Waals surface area contributed by atoms with Gasteiger partial charge in [-0.2, -0.15) is 0 Å². The molecule has 9 nitrogen and oxygen atoms in total. The number of rotatable bonds is 7. The SMILES string of the molecule is CC(C(=O)NCCCN(C(=O)OC(C)(C)C)C1CC1)N1C(=O)NC2(CCCC2)C1=O. The van der Waals surface area contributed by atoms with Crippen molar-refractivity contribution in [2.45, 2.75) is 95.9 Å². The minimum atomic E-state index is -0.872. The monoisotopic (exact) mass is 422 g/mol. The fourth-order valence-corrected chi connectivity index (χ4v) is 4.17. The van der Waals surface area contributed by atoms with Crippen LogP contribution in [0.15, 0.2) is 0 Å². The van der Waals surface area contributed by atoms with E-state index in [1.807, 2.05) is 20.8 Å². The standard InChI is InChI=1S/C21H34N4O5/c1-14(25-17(27)21(23-18(25)28)10-5-6-11-21)16(26)22-12-7-13-24(15-8-9-15)19(29)30-20(2,3)4/h14-15H,5-13H2,1-4H3,(H,22,26)(H,23,28). The molecule has 1 aliphatic heterocycles. The van der Waals surface area contributed by atoms with Crippen LogP contribution in [0.5, 0.6) is 0 Å². The van der Waals surface area contributed by atoms with Gasteiger partial charge in [0, 0.05) is 19.1 Å². The Balaban J connectivity index is 1.46. The van der Waals surface area contributed by atoms with Crippen molar-refractivity contribution in [1.82, 2.24) is 20.4 Å². The highest BCUT2D eigenvalue weighted by atomic mass is 16.6. The number of carbonyl (C=O) groups excluding carboxylic acids is 4. The number of nitrogens with one attached hydrogen (secondary N) is 2. The maximum atomic E-state index is 12.8. The van der Waals surface area contributed by atoms with Gasteiger partial charge in [-0.05, 0) is 59.8 Å². The Labute approximate surface area is 177 Å². The molecule has 168 valence electrons. The average molecular weight is 423 g/mol. The van der Waals surface area contributed by atoms with E-state index >= 15 is 0 Å². The molecule has 30 heavy (non-hydrogen) atoms. The van der Waals surface area contributed by atoms with Crippen molar-refractivity contribution in [3.05, 3.63) is 0 Å². The lowest BCUT2D eigenvalue weighted by atomic mass is 9.97. The summed E-state index contributed by atoms with van der Waals surface area (Å²) >= 11 is 0. The summed E-state index contributed by atoms with van der Waals surface area (Å²) in [6, 6.07) is -1.15.